The molecule has 0 atom stereocenters. The lowest BCUT2D eigenvalue weighted by Gasteiger charge is -2.19. The number of thiophene rings is 1. The summed E-state index contributed by atoms with van der Waals surface area (Å²) in [4.78, 5) is 22.5. The number of carbonyl (C=O) groups excluding carboxylic acids is 1. The Hall–Kier alpha value is -2.10. The second-order valence-electron chi connectivity index (χ2n) is 5.91. The van der Waals surface area contributed by atoms with Crippen molar-refractivity contribution in [1.82, 2.24) is 25.1 Å². The van der Waals surface area contributed by atoms with Gasteiger partial charge < -0.3 is 5.32 Å². The van der Waals surface area contributed by atoms with Gasteiger partial charge in [-0.05, 0) is 37.4 Å². The van der Waals surface area contributed by atoms with E-state index >= 15 is 0 Å². The minimum atomic E-state index is -0.258. The minimum Gasteiger partial charge on any atom is -0.317 e. The van der Waals surface area contributed by atoms with Crippen LogP contribution in [0.25, 0.3) is 9.88 Å². The number of hydrogen-bond acceptors (Lipinski definition) is 7. The van der Waals surface area contributed by atoms with Gasteiger partial charge in [0.05, 0.1) is 4.88 Å². The fourth-order valence-electron chi connectivity index (χ4n) is 2.82. The summed E-state index contributed by atoms with van der Waals surface area (Å²) in [6, 6.07) is 3.97. The van der Waals surface area contributed by atoms with Crippen LogP contribution in [-0.2, 0) is 7.05 Å². The maximum absolute atomic E-state index is 12.5. The molecule has 25 heavy (non-hydrogen) atoms. The molecule has 0 unspecified atom stereocenters. The molecule has 3 aromatic heterocycles. The lowest BCUT2D eigenvalue weighted by Crippen LogP contribution is -2.27. The largest absolute Gasteiger partial charge is 0.317 e. The van der Waals surface area contributed by atoms with Crippen molar-refractivity contribution >= 4 is 34.5 Å². The van der Waals surface area contributed by atoms with Gasteiger partial charge in [0.15, 0.2) is 5.82 Å². The average molecular weight is 374 g/mol. The van der Waals surface area contributed by atoms with Gasteiger partial charge in [0.25, 0.3) is 5.91 Å². The van der Waals surface area contributed by atoms with Gasteiger partial charge in [-0.3, -0.25) is 10.1 Å². The third kappa shape index (κ3) is 3.48. The summed E-state index contributed by atoms with van der Waals surface area (Å²) in [6.45, 7) is 1.96. The predicted octanol–water partition coefficient (Wildman–Crippen LogP) is 2.72. The molecular formula is C16H18N6OS2. The quantitative estimate of drug-likeness (QED) is 0.733. The zero-order valence-corrected chi connectivity index (χ0v) is 15.4. The van der Waals surface area contributed by atoms with E-state index in [0.717, 1.165) is 41.6 Å². The summed E-state index contributed by atoms with van der Waals surface area (Å²) in [7, 11) is 1.80. The molecule has 0 spiro atoms. The number of aryl methyl sites for hydroxylation is 1. The van der Waals surface area contributed by atoms with Gasteiger partial charge in [-0.2, -0.15) is 10.1 Å². The molecule has 1 aliphatic rings. The summed E-state index contributed by atoms with van der Waals surface area (Å²) in [5.41, 5.74) is 0.403. The molecule has 0 aromatic carbocycles. The molecule has 130 valence electrons. The second kappa shape index (κ2) is 7.03. The Morgan fingerprint density at radius 2 is 2.16 bits per heavy atom. The summed E-state index contributed by atoms with van der Waals surface area (Å²) in [5.74, 6) is 1.36. The van der Waals surface area contributed by atoms with E-state index in [9.17, 15) is 4.79 Å². The molecule has 0 aliphatic carbocycles. The molecule has 4 rings (SSSR count). The number of anilines is 1. The highest BCUT2D eigenvalue weighted by Gasteiger charge is 2.22. The van der Waals surface area contributed by atoms with Gasteiger partial charge in [-0.25, -0.2) is 9.67 Å². The zero-order chi connectivity index (χ0) is 17.2. The summed E-state index contributed by atoms with van der Waals surface area (Å²) < 4.78 is 1.63. The average Bonchev–Trinajstić information content (AvgIpc) is 3.36. The van der Waals surface area contributed by atoms with E-state index in [1.165, 1.54) is 11.3 Å². The number of aromatic nitrogens is 4. The third-order valence-electron chi connectivity index (χ3n) is 4.18. The molecular weight excluding hydrogens is 356 g/mol. The first-order valence-corrected chi connectivity index (χ1v) is 9.89. The van der Waals surface area contributed by atoms with E-state index < -0.39 is 0 Å². The Bertz CT molecular complexity index is 863. The van der Waals surface area contributed by atoms with Crippen LogP contribution < -0.4 is 10.6 Å². The van der Waals surface area contributed by atoms with Crippen molar-refractivity contribution in [3.63, 3.8) is 0 Å². The Kier molecular flexibility index (Phi) is 4.60. The van der Waals surface area contributed by atoms with Gasteiger partial charge in [0.2, 0.25) is 5.95 Å². The first kappa shape index (κ1) is 16.4. The van der Waals surface area contributed by atoms with Crippen molar-refractivity contribution in [3.8, 4) is 9.88 Å². The van der Waals surface area contributed by atoms with Gasteiger partial charge in [-0.15, -0.1) is 22.7 Å². The van der Waals surface area contributed by atoms with Gasteiger partial charge in [-0.1, -0.05) is 6.07 Å². The highest BCUT2D eigenvalue weighted by atomic mass is 32.1. The number of amides is 1. The lowest BCUT2D eigenvalue weighted by atomic mass is 9.98. The van der Waals surface area contributed by atoms with E-state index in [4.69, 9.17) is 0 Å². The lowest BCUT2D eigenvalue weighted by molar-refractivity contribution is 0.102. The third-order valence-corrected chi connectivity index (χ3v) is 6.06. The summed E-state index contributed by atoms with van der Waals surface area (Å²) in [5, 5.41) is 15.3. The Morgan fingerprint density at radius 1 is 1.32 bits per heavy atom. The smallest absolute Gasteiger partial charge is 0.277 e. The fraction of sp³-hybridized carbons (Fsp3) is 0.375. The van der Waals surface area contributed by atoms with Crippen LogP contribution in [0.15, 0.2) is 22.9 Å². The van der Waals surface area contributed by atoms with Gasteiger partial charge >= 0.3 is 0 Å². The molecule has 1 fully saturated rings. The Balaban J connectivity index is 1.48. The van der Waals surface area contributed by atoms with E-state index in [2.05, 4.69) is 25.7 Å². The first-order valence-electron chi connectivity index (χ1n) is 8.13. The van der Waals surface area contributed by atoms with E-state index in [1.807, 2.05) is 17.5 Å². The molecule has 1 saturated heterocycles. The number of carbonyl (C=O) groups is 1. The maximum atomic E-state index is 12.5. The monoisotopic (exact) mass is 374 g/mol. The number of piperidine rings is 1. The number of nitrogens with one attached hydrogen (secondary N) is 2. The van der Waals surface area contributed by atoms with Crippen molar-refractivity contribution in [1.29, 1.82) is 0 Å². The number of thiazole rings is 1. The molecule has 7 nitrogen and oxygen atoms in total. The number of hydrogen-bond donors (Lipinski definition) is 2. The van der Waals surface area contributed by atoms with Gasteiger partial charge in [0.1, 0.15) is 10.7 Å². The molecule has 1 amide bonds. The molecule has 4 heterocycles. The number of nitrogens with zero attached hydrogens (tertiary/aromatic N) is 4. The SMILES string of the molecule is Cn1nc(C2CCNCC2)nc1NC(=O)c1csc(-c2cccs2)n1. The van der Waals surface area contributed by atoms with Crippen LogP contribution >= 0.6 is 22.7 Å². The van der Waals surface area contributed by atoms with Crippen LogP contribution in [0.4, 0.5) is 5.95 Å². The Morgan fingerprint density at radius 3 is 2.92 bits per heavy atom. The zero-order valence-electron chi connectivity index (χ0n) is 13.7. The van der Waals surface area contributed by atoms with Crippen LogP contribution in [-0.4, -0.2) is 38.7 Å². The van der Waals surface area contributed by atoms with Crippen molar-refractivity contribution in [2.75, 3.05) is 18.4 Å². The standard InChI is InChI=1S/C16H18N6OS2/c1-22-16(19-13(21-22)10-4-6-17-7-5-10)20-14(23)11-9-25-15(18-11)12-3-2-8-24-12/h2-3,8-10,17H,4-7H2,1H3,(H,19,20,21,23). The van der Waals surface area contributed by atoms with Crippen molar-refractivity contribution in [3.05, 3.63) is 34.4 Å². The maximum Gasteiger partial charge on any atom is 0.277 e. The second-order valence-corrected chi connectivity index (χ2v) is 7.72. The normalized spacial score (nSPS) is 15.4. The molecule has 9 heteroatoms. The first-order chi connectivity index (χ1) is 12.2. The molecule has 0 saturated carbocycles. The minimum absolute atomic E-state index is 0.258. The van der Waals surface area contributed by atoms with E-state index in [-0.39, 0.29) is 5.91 Å². The van der Waals surface area contributed by atoms with Crippen LogP contribution in [0.5, 0.6) is 0 Å². The highest BCUT2D eigenvalue weighted by Crippen LogP contribution is 2.28. The topological polar surface area (TPSA) is 84.7 Å². The predicted molar refractivity (Wildman–Crippen MR) is 99.2 cm³/mol. The molecule has 0 radical (unpaired) electrons. The van der Waals surface area contributed by atoms with Crippen LogP contribution in [0.3, 0.4) is 0 Å². The van der Waals surface area contributed by atoms with Crippen molar-refractivity contribution in [2.45, 2.75) is 18.8 Å². The van der Waals surface area contributed by atoms with E-state index in [0.29, 0.717) is 17.6 Å². The van der Waals surface area contributed by atoms with Crippen LogP contribution in [0.2, 0.25) is 0 Å². The number of rotatable bonds is 4. The molecule has 3 aromatic rings. The fourth-order valence-corrected chi connectivity index (χ4v) is 4.44. The molecule has 2 N–H and O–H groups in total. The summed E-state index contributed by atoms with van der Waals surface area (Å²) in [6.07, 6.45) is 2.04. The van der Waals surface area contributed by atoms with Crippen molar-refractivity contribution < 1.29 is 4.79 Å². The van der Waals surface area contributed by atoms with Crippen LogP contribution in [0.1, 0.15) is 35.1 Å². The molecule has 0 bridgehead atoms. The van der Waals surface area contributed by atoms with Crippen LogP contribution in [0, 0.1) is 0 Å². The highest BCUT2D eigenvalue weighted by molar-refractivity contribution is 7.20. The summed E-state index contributed by atoms with van der Waals surface area (Å²) >= 11 is 3.08. The van der Waals surface area contributed by atoms with Gasteiger partial charge in [0, 0.05) is 18.3 Å². The van der Waals surface area contributed by atoms with Crippen molar-refractivity contribution in [2.24, 2.45) is 7.05 Å². The van der Waals surface area contributed by atoms with E-state index in [1.54, 1.807) is 28.4 Å². The molecule has 1 aliphatic heterocycles. The Labute approximate surface area is 153 Å².